The molecule has 4 nitrogen and oxygen atoms in total. The highest BCUT2D eigenvalue weighted by atomic mass is 32.1. The summed E-state index contributed by atoms with van der Waals surface area (Å²) in [7, 11) is 0. The van der Waals surface area contributed by atoms with Gasteiger partial charge in [-0.15, -0.1) is 11.3 Å². The van der Waals surface area contributed by atoms with Crippen LogP contribution in [0.5, 0.6) is 0 Å². The predicted molar refractivity (Wildman–Crippen MR) is 89.1 cm³/mol. The van der Waals surface area contributed by atoms with E-state index in [0.717, 1.165) is 0 Å². The molecule has 0 aliphatic heterocycles. The summed E-state index contributed by atoms with van der Waals surface area (Å²) in [6, 6.07) is 13.0. The zero-order chi connectivity index (χ0) is 15.9. The van der Waals surface area contributed by atoms with Gasteiger partial charge >= 0.3 is 0 Å². The Hall–Kier alpha value is -2.14. The number of carbonyl (C=O) groups is 2. The van der Waals surface area contributed by atoms with Crippen LogP contribution in [-0.2, 0) is 4.79 Å². The van der Waals surface area contributed by atoms with Crippen LogP contribution in [-0.4, -0.2) is 24.4 Å². The van der Waals surface area contributed by atoms with E-state index in [0.29, 0.717) is 11.4 Å². The Bertz CT molecular complexity index is 611. The molecule has 2 rings (SSSR count). The Morgan fingerprint density at radius 3 is 2.45 bits per heavy atom. The lowest BCUT2D eigenvalue weighted by atomic mass is 10.0. The third kappa shape index (κ3) is 4.43. The Morgan fingerprint density at radius 2 is 1.82 bits per heavy atom. The van der Waals surface area contributed by atoms with E-state index >= 15 is 0 Å². The monoisotopic (exact) mass is 316 g/mol. The molecule has 116 valence electrons. The fraction of sp³-hybridized carbons (Fsp3) is 0.294. The maximum Gasteiger partial charge on any atom is 0.261 e. The topological polar surface area (TPSA) is 58.2 Å². The first-order valence-corrected chi connectivity index (χ1v) is 8.13. The number of amides is 2. The molecular weight excluding hydrogens is 296 g/mol. The van der Waals surface area contributed by atoms with E-state index in [-0.39, 0.29) is 17.7 Å². The first-order valence-electron chi connectivity index (χ1n) is 7.25. The maximum atomic E-state index is 12.1. The summed E-state index contributed by atoms with van der Waals surface area (Å²) < 4.78 is 0. The summed E-state index contributed by atoms with van der Waals surface area (Å²) in [6.45, 7) is 4.29. The van der Waals surface area contributed by atoms with Crippen molar-refractivity contribution in [3.05, 3.63) is 58.3 Å². The van der Waals surface area contributed by atoms with E-state index in [4.69, 9.17) is 0 Å². The van der Waals surface area contributed by atoms with Crippen LogP contribution in [0.1, 0.15) is 35.0 Å². The normalized spacial score (nSPS) is 13.2. The van der Waals surface area contributed by atoms with Crippen LogP contribution >= 0.6 is 11.3 Å². The van der Waals surface area contributed by atoms with Crippen LogP contribution in [0.3, 0.4) is 0 Å². The van der Waals surface area contributed by atoms with Gasteiger partial charge in [-0.1, -0.05) is 43.3 Å². The molecule has 2 unspecified atom stereocenters. The van der Waals surface area contributed by atoms with Gasteiger partial charge in [0, 0.05) is 6.54 Å². The van der Waals surface area contributed by atoms with Gasteiger partial charge in [-0.3, -0.25) is 9.59 Å². The van der Waals surface area contributed by atoms with Crippen molar-refractivity contribution in [3.63, 3.8) is 0 Å². The largest absolute Gasteiger partial charge is 0.354 e. The zero-order valence-corrected chi connectivity index (χ0v) is 13.5. The summed E-state index contributed by atoms with van der Waals surface area (Å²) in [5.74, 6) is -0.160. The second-order valence-electron chi connectivity index (χ2n) is 5.23. The number of rotatable bonds is 6. The molecular formula is C17H20N2O2S. The van der Waals surface area contributed by atoms with Gasteiger partial charge in [0.1, 0.15) is 6.04 Å². The molecule has 22 heavy (non-hydrogen) atoms. The van der Waals surface area contributed by atoms with Crippen molar-refractivity contribution in [3.8, 4) is 0 Å². The third-order valence-electron chi connectivity index (χ3n) is 3.44. The fourth-order valence-corrected chi connectivity index (χ4v) is 2.67. The molecule has 2 amide bonds. The van der Waals surface area contributed by atoms with E-state index in [1.54, 1.807) is 13.0 Å². The summed E-state index contributed by atoms with van der Waals surface area (Å²) in [4.78, 5) is 24.6. The smallest absolute Gasteiger partial charge is 0.261 e. The standard InChI is InChI=1S/C17H20N2O2S/c1-12(14-7-4-3-5-8-14)11-18-16(20)13(2)19-17(21)15-9-6-10-22-15/h3-10,12-13H,11H2,1-2H3,(H,18,20)(H,19,21). The van der Waals surface area contributed by atoms with Gasteiger partial charge in [0.2, 0.25) is 5.91 Å². The van der Waals surface area contributed by atoms with E-state index in [1.807, 2.05) is 41.8 Å². The molecule has 1 heterocycles. The Labute approximate surface area is 134 Å². The minimum atomic E-state index is -0.558. The quantitative estimate of drug-likeness (QED) is 0.861. The van der Waals surface area contributed by atoms with Gasteiger partial charge in [0.05, 0.1) is 4.88 Å². The minimum absolute atomic E-state index is 0.173. The molecule has 1 aromatic carbocycles. The summed E-state index contributed by atoms with van der Waals surface area (Å²) in [6.07, 6.45) is 0. The van der Waals surface area contributed by atoms with Gasteiger partial charge in [-0.2, -0.15) is 0 Å². The number of hydrogen-bond acceptors (Lipinski definition) is 3. The van der Waals surface area contributed by atoms with Crippen LogP contribution in [0.2, 0.25) is 0 Å². The van der Waals surface area contributed by atoms with Crippen LogP contribution in [0.15, 0.2) is 47.8 Å². The minimum Gasteiger partial charge on any atom is -0.354 e. The number of carbonyl (C=O) groups excluding carboxylic acids is 2. The lowest BCUT2D eigenvalue weighted by molar-refractivity contribution is -0.122. The molecule has 1 aromatic heterocycles. The van der Waals surface area contributed by atoms with E-state index in [2.05, 4.69) is 17.6 Å². The summed E-state index contributed by atoms with van der Waals surface area (Å²) in [5, 5.41) is 7.42. The van der Waals surface area contributed by atoms with Crippen molar-refractivity contribution in [2.75, 3.05) is 6.54 Å². The highest BCUT2D eigenvalue weighted by molar-refractivity contribution is 7.12. The Morgan fingerprint density at radius 1 is 1.09 bits per heavy atom. The van der Waals surface area contributed by atoms with Crippen LogP contribution in [0.4, 0.5) is 0 Å². The molecule has 0 fully saturated rings. The first-order chi connectivity index (χ1) is 10.6. The van der Waals surface area contributed by atoms with Gasteiger partial charge in [0.15, 0.2) is 0 Å². The first kappa shape index (κ1) is 16.2. The predicted octanol–water partition coefficient (Wildman–Crippen LogP) is 2.79. The van der Waals surface area contributed by atoms with Crippen molar-refractivity contribution in [1.82, 2.24) is 10.6 Å². The average molecular weight is 316 g/mol. The van der Waals surface area contributed by atoms with Crippen molar-refractivity contribution in [2.45, 2.75) is 25.8 Å². The molecule has 0 bridgehead atoms. The highest BCUT2D eigenvalue weighted by Crippen LogP contribution is 2.13. The van der Waals surface area contributed by atoms with Crippen molar-refractivity contribution in [2.24, 2.45) is 0 Å². The van der Waals surface area contributed by atoms with E-state index in [1.165, 1.54) is 16.9 Å². The summed E-state index contributed by atoms with van der Waals surface area (Å²) in [5.41, 5.74) is 1.18. The Kier molecular flexibility index (Phi) is 5.72. The van der Waals surface area contributed by atoms with Gasteiger partial charge < -0.3 is 10.6 Å². The molecule has 2 atom stereocenters. The molecule has 0 saturated carbocycles. The average Bonchev–Trinajstić information content (AvgIpc) is 3.07. The fourth-order valence-electron chi connectivity index (χ4n) is 2.05. The second-order valence-corrected chi connectivity index (χ2v) is 6.18. The van der Waals surface area contributed by atoms with Crippen molar-refractivity contribution in [1.29, 1.82) is 0 Å². The second kappa shape index (κ2) is 7.75. The van der Waals surface area contributed by atoms with Gasteiger partial charge in [-0.25, -0.2) is 0 Å². The molecule has 0 radical (unpaired) electrons. The molecule has 0 spiro atoms. The van der Waals surface area contributed by atoms with E-state index < -0.39 is 6.04 Å². The number of thiophene rings is 1. The zero-order valence-electron chi connectivity index (χ0n) is 12.7. The van der Waals surface area contributed by atoms with Crippen LogP contribution in [0.25, 0.3) is 0 Å². The molecule has 0 aliphatic carbocycles. The van der Waals surface area contributed by atoms with Gasteiger partial charge in [-0.05, 0) is 29.9 Å². The molecule has 0 aliphatic rings. The molecule has 5 heteroatoms. The summed E-state index contributed by atoms with van der Waals surface area (Å²) >= 11 is 1.36. The third-order valence-corrected chi connectivity index (χ3v) is 4.31. The SMILES string of the molecule is CC(NC(=O)c1cccs1)C(=O)NCC(C)c1ccccc1. The lowest BCUT2D eigenvalue weighted by Gasteiger charge is -2.17. The van der Waals surface area contributed by atoms with E-state index in [9.17, 15) is 9.59 Å². The number of benzene rings is 1. The highest BCUT2D eigenvalue weighted by Gasteiger charge is 2.17. The number of hydrogen-bond donors (Lipinski definition) is 2. The Balaban J connectivity index is 1.80. The lowest BCUT2D eigenvalue weighted by Crippen LogP contribution is -2.45. The number of nitrogens with one attached hydrogen (secondary N) is 2. The molecule has 2 N–H and O–H groups in total. The molecule has 0 saturated heterocycles. The van der Waals surface area contributed by atoms with Crippen molar-refractivity contribution < 1.29 is 9.59 Å². The van der Waals surface area contributed by atoms with Gasteiger partial charge in [0.25, 0.3) is 5.91 Å². The van der Waals surface area contributed by atoms with Crippen LogP contribution < -0.4 is 10.6 Å². The molecule has 2 aromatic rings. The van der Waals surface area contributed by atoms with Crippen LogP contribution in [0, 0.1) is 0 Å². The maximum absolute atomic E-state index is 12.1. The van der Waals surface area contributed by atoms with Crippen molar-refractivity contribution >= 4 is 23.2 Å².